The van der Waals surface area contributed by atoms with Crippen molar-refractivity contribution in [3.05, 3.63) is 76.0 Å². The van der Waals surface area contributed by atoms with Crippen LogP contribution in [-0.2, 0) is 6.42 Å². The van der Waals surface area contributed by atoms with Gasteiger partial charge in [0.25, 0.3) is 5.91 Å². The predicted octanol–water partition coefficient (Wildman–Crippen LogP) is 3.26. The molecule has 0 aliphatic carbocycles. The Kier molecular flexibility index (Phi) is 3.27. The Balaban J connectivity index is 1.79. The number of fused-ring (bicyclic) bond motifs is 1. The van der Waals surface area contributed by atoms with Crippen LogP contribution in [0, 0.1) is 0 Å². The van der Waals surface area contributed by atoms with Gasteiger partial charge in [-0.2, -0.15) is 11.3 Å². The number of carbonyl (C=O) groups is 1. The highest BCUT2D eigenvalue weighted by Crippen LogP contribution is 2.34. The molecule has 0 fully saturated rings. The summed E-state index contributed by atoms with van der Waals surface area (Å²) >= 11 is 1.55. The van der Waals surface area contributed by atoms with Crippen molar-refractivity contribution in [2.24, 2.45) is 0 Å². The zero-order chi connectivity index (χ0) is 14.9. The number of H-pyrrole nitrogens is 1. The summed E-state index contributed by atoms with van der Waals surface area (Å²) in [5, 5.41) is 3.85. The fourth-order valence-electron chi connectivity index (χ4n) is 3.02. The lowest BCUT2D eigenvalue weighted by molar-refractivity contribution is 0.0691. The Labute approximate surface area is 132 Å². The molecule has 0 bridgehead atoms. The van der Waals surface area contributed by atoms with Gasteiger partial charge in [-0.1, -0.05) is 30.3 Å². The van der Waals surface area contributed by atoms with E-state index in [1.165, 1.54) is 0 Å². The van der Waals surface area contributed by atoms with Crippen molar-refractivity contribution in [3.63, 3.8) is 0 Å². The largest absolute Gasteiger partial charge is 0.348 e. The van der Waals surface area contributed by atoms with E-state index < -0.39 is 0 Å². The molecule has 0 saturated heterocycles. The van der Waals surface area contributed by atoms with Gasteiger partial charge >= 0.3 is 0 Å². The highest BCUT2D eigenvalue weighted by Gasteiger charge is 2.34. The maximum Gasteiger partial charge on any atom is 0.255 e. The molecule has 4 rings (SSSR count). The lowest BCUT2D eigenvalue weighted by Gasteiger charge is -2.35. The molecular weight excluding hydrogens is 294 g/mol. The Hall–Kier alpha value is -2.40. The normalized spacial score (nSPS) is 17.3. The van der Waals surface area contributed by atoms with Crippen molar-refractivity contribution in [1.82, 2.24) is 14.9 Å². The number of aromatic amines is 1. The van der Waals surface area contributed by atoms with Crippen LogP contribution in [0.5, 0.6) is 0 Å². The molecule has 2 aromatic heterocycles. The van der Waals surface area contributed by atoms with Crippen molar-refractivity contribution < 1.29 is 4.79 Å². The fraction of sp³-hybridized carbons (Fsp3) is 0.176. The maximum absolute atomic E-state index is 12.9. The third-order valence-corrected chi connectivity index (χ3v) is 4.75. The monoisotopic (exact) mass is 309 g/mol. The van der Waals surface area contributed by atoms with E-state index in [9.17, 15) is 4.79 Å². The van der Waals surface area contributed by atoms with E-state index in [4.69, 9.17) is 0 Å². The molecule has 0 spiro atoms. The summed E-state index contributed by atoms with van der Waals surface area (Å²) in [6.07, 6.45) is 2.54. The minimum Gasteiger partial charge on any atom is -0.348 e. The minimum atomic E-state index is -0.122. The molecule has 0 saturated carbocycles. The second-order valence-electron chi connectivity index (χ2n) is 5.34. The molecule has 1 aromatic carbocycles. The summed E-state index contributed by atoms with van der Waals surface area (Å²) in [5.74, 6) is 0.0729. The first-order valence-electron chi connectivity index (χ1n) is 7.25. The van der Waals surface area contributed by atoms with Crippen LogP contribution in [0.15, 0.2) is 53.5 Å². The minimum absolute atomic E-state index is 0.0729. The zero-order valence-electron chi connectivity index (χ0n) is 11.9. The van der Waals surface area contributed by atoms with E-state index >= 15 is 0 Å². The summed E-state index contributed by atoms with van der Waals surface area (Å²) in [7, 11) is 0. The first kappa shape index (κ1) is 13.3. The van der Waals surface area contributed by atoms with Gasteiger partial charge in [-0.25, -0.2) is 4.98 Å². The molecule has 1 N–H and O–H groups in total. The quantitative estimate of drug-likeness (QED) is 0.790. The number of hydrogen-bond donors (Lipinski definition) is 1. The highest BCUT2D eigenvalue weighted by atomic mass is 32.1. The number of amides is 1. The molecule has 1 aliphatic heterocycles. The van der Waals surface area contributed by atoms with Gasteiger partial charge < -0.3 is 9.88 Å². The molecule has 4 nitrogen and oxygen atoms in total. The van der Waals surface area contributed by atoms with Gasteiger partial charge in [0.05, 0.1) is 17.6 Å². The van der Waals surface area contributed by atoms with Crippen molar-refractivity contribution in [1.29, 1.82) is 0 Å². The molecule has 1 amide bonds. The summed E-state index contributed by atoms with van der Waals surface area (Å²) in [6, 6.07) is 11.9. The smallest absolute Gasteiger partial charge is 0.255 e. The first-order chi connectivity index (χ1) is 10.8. The van der Waals surface area contributed by atoms with Gasteiger partial charge in [0.15, 0.2) is 0 Å². The number of aromatic nitrogens is 2. The molecule has 22 heavy (non-hydrogen) atoms. The second kappa shape index (κ2) is 5.42. The van der Waals surface area contributed by atoms with Gasteiger partial charge in [0, 0.05) is 24.0 Å². The average molecular weight is 309 g/mol. The summed E-state index contributed by atoms with van der Waals surface area (Å²) < 4.78 is 0. The third kappa shape index (κ3) is 2.14. The Morgan fingerprint density at radius 1 is 1.27 bits per heavy atom. The summed E-state index contributed by atoms with van der Waals surface area (Å²) in [5.41, 5.74) is 3.94. The van der Waals surface area contributed by atoms with Gasteiger partial charge in [-0.3, -0.25) is 4.79 Å². The number of rotatable bonds is 2. The topological polar surface area (TPSA) is 49.0 Å². The number of nitrogens with zero attached hydrogens (tertiary/aromatic N) is 2. The second-order valence-corrected chi connectivity index (χ2v) is 6.12. The molecule has 1 atom stereocenters. The fourth-order valence-corrected chi connectivity index (χ4v) is 3.65. The molecule has 1 aliphatic rings. The van der Waals surface area contributed by atoms with E-state index in [0.29, 0.717) is 6.54 Å². The SMILES string of the molecule is O=C(c1ccsc1)N1CCc2[nH]cnc2[C@H]1c1ccccc1. The molecule has 3 heterocycles. The van der Waals surface area contributed by atoms with Crippen molar-refractivity contribution in [2.75, 3.05) is 6.54 Å². The van der Waals surface area contributed by atoms with Crippen LogP contribution in [0.25, 0.3) is 0 Å². The summed E-state index contributed by atoms with van der Waals surface area (Å²) in [4.78, 5) is 22.5. The molecule has 3 aromatic rings. The van der Waals surface area contributed by atoms with E-state index in [2.05, 4.69) is 22.1 Å². The standard InChI is InChI=1S/C17H15N3OS/c21-17(13-7-9-22-10-13)20-8-6-14-15(19-11-18-14)16(20)12-4-2-1-3-5-12/h1-5,7,9-11,16H,6,8H2,(H,18,19)/t16-/m1/s1. The van der Waals surface area contributed by atoms with Gasteiger partial charge in [-0.15, -0.1) is 0 Å². The van der Waals surface area contributed by atoms with Crippen LogP contribution in [0.1, 0.15) is 33.4 Å². The number of imidazole rings is 1. The Morgan fingerprint density at radius 2 is 2.14 bits per heavy atom. The zero-order valence-corrected chi connectivity index (χ0v) is 12.7. The van der Waals surface area contributed by atoms with Crippen molar-refractivity contribution >= 4 is 17.2 Å². The van der Waals surface area contributed by atoms with Gasteiger partial charge in [-0.05, 0) is 17.0 Å². The molecular formula is C17H15N3OS. The van der Waals surface area contributed by atoms with E-state index in [-0.39, 0.29) is 11.9 Å². The number of thiophene rings is 1. The van der Waals surface area contributed by atoms with Gasteiger partial charge in [0.2, 0.25) is 0 Å². The lowest BCUT2D eigenvalue weighted by atomic mass is 9.95. The van der Waals surface area contributed by atoms with Crippen molar-refractivity contribution in [2.45, 2.75) is 12.5 Å². The van der Waals surface area contributed by atoms with Crippen molar-refractivity contribution in [3.8, 4) is 0 Å². The number of carbonyl (C=O) groups excluding carboxylic acids is 1. The number of benzene rings is 1. The molecule has 0 radical (unpaired) electrons. The van der Waals surface area contributed by atoms with E-state index in [0.717, 1.165) is 28.9 Å². The van der Waals surface area contributed by atoms with Gasteiger partial charge in [0.1, 0.15) is 6.04 Å². The van der Waals surface area contributed by atoms with E-state index in [1.807, 2.05) is 39.9 Å². The van der Waals surface area contributed by atoms with Crippen LogP contribution in [0.2, 0.25) is 0 Å². The lowest BCUT2D eigenvalue weighted by Crippen LogP contribution is -2.40. The number of nitrogens with one attached hydrogen (secondary N) is 1. The molecule has 5 heteroatoms. The predicted molar refractivity (Wildman–Crippen MR) is 85.9 cm³/mol. The average Bonchev–Trinajstić information content (AvgIpc) is 3.25. The Morgan fingerprint density at radius 3 is 2.91 bits per heavy atom. The van der Waals surface area contributed by atoms with Crippen LogP contribution in [-0.4, -0.2) is 27.3 Å². The molecule has 110 valence electrons. The first-order valence-corrected chi connectivity index (χ1v) is 8.19. The van der Waals surface area contributed by atoms with Crippen LogP contribution in [0.4, 0.5) is 0 Å². The van der Waals surface area contributed by atoms with E-state index in [1.54, 1.807) is 17.7 Å². The molecule has 0 unspecified atom stereocenters. The third-order valence-electron chi connectivity index (χ3n) is 4.07. The highest BCUT2D eigenvalue weighted by molar-refractivity contribution is 7.08. The Bertz CT molecular complexity index is 779. The van der Waals surface area contributed by atoms with Crippen LogP contribution >= 0.6 is 11.3 Å². The van der Waals surface area contributed by atoms with Crippen LogP contribution in [0.3, 0.4) is 0 Å². The maximum atomic E-state index is 12.9. The van der Waals surface area contributed by atoms with Crippen LogP contribution < -0.4 is 0 Å². The summed E-state index contributed by atoms with van der Waals surface area (Å²) in [6.45, 7) is 0.698. The number of hydrogen-bond acceptors (Lipinski definition) is 3.